The highest BCUT2D eigenvalue weighted by atomic mass is 16.5. The fraction of sp³-hybridized carbons (Fsp3) is 0.533. The molecule has 0 heterocycles. The minimum absolute atomic E-state index is 0.200. The van der Waals surface area contributed by atoms with Crippen LogP contribution < -0.4 is 5.32 Å². The van der Waals surface area contributed by atoms with E-state index >= 15 is 0 Å². The molecule has 1 atom stereocenters. The van der Waals surface area contributed by atoms with E-state index in [-0.39, 0.29) is 12.5 Å². The van der Waals surface area contributed by atoms with Gasteiger partial charge in [-0.25, -0.2) is 0 Å². The Kier molecular flexibility index (Phi) is 6.44. The normalized spacial score (nSPS) is 12.2. The summed E-state index contributed by atoms with van der Waals surface area (Å²) in [5.74, 6) is 0.403. The van der Waals surface area contributed by atoms with Crippen molar-refractivity contribution in [3.05, 3.63) is 35.4 Å². The van der Waals surface area contributed by atoms with Crippen molar-refractivity contribution in [2.75, 3.05) is 13.2 Å². The number of carbonyl (C=O) groups excluding carboxylic acids is 1. The molecule has 1 aromatic rings. The lowest BCUT2D eigenvalue weighted by atomic mass is 9.98. The van der Waals surface area contributed by atoms with Gasteiger partial charge in [-0.1, -0.05) is 38.1 Å². The van der Waals surface area contributed by atoms with E-state index in [9.17, 15) is 4.79 Å². The Morgan fingerprint density at radius 3 is 2.50 bits per heavy atom. The van der Waals surface area contributed by atoms with Gasteiger partial charge in [0.2, 0.25) is 0 Å². The van der Waals surface area contributed by atoms with Crippen molar-refractivity contribution in [3.63, 3.8) is 0 Å². The van der Waals surface area contributed by atoms with Gasteiger partial charge in [0.15, 0.2) is 0 Å². The highest BCUT2D eigenvalue weighted by Crippen LogP contribution is 2.18. The van der Waals surface area contributed by atoms with Gasteiger partial charge < -0.3 is 10.1 Å². The van der Waals surface area contributed by atoms with Crippen LogP contribution in [0.2, 0.25) is 0 Å². The van der Waals surface area contributed by atoms with Crippen LogP contribution in [0.4, 0.5) is 0 Å². The standard InChI is InChI=1S/C15H23NO2/c1-4-12(3)14-8-6-13(7-9-14)10-16-11-15(17)18-5-2/h6-9,12,16H,4-5,10-11H2,1-3H3. The maximum atomic E-state index is 11.1. The first kappa shape index (κ1) is 14.7. The van der Waals surface area contributed by atoms with Crippen molar-refractivity contribution in [3.8, 4) is 0 Å². The summed E-state index contributed by atoms with van der Waals surface area (Å²) in [4.78, 5) is 11.1. The number of ether oxygens (including phenoxy) is 1. The average molecular weight is 249 g/mol. The molecule has 18 heavy (non-hydrogen) atoms. The van der Waals surface area contributed by atoms with Crippen molar-refractivity contribution in [1.82, 2.24) is 5.32 Å². The van der Waals surface area contributed by atoms with Crippen LogP contribution in [0.1, 0.15) is 44.2 Å². The number of nitrogens with one attached hydrogen (secondary N) is 1. The number of benzene rings is 1. The largest absolute Gasteiger partial charge is 0.465 e. The SMILES string of the molecule is CCOC(=O)CNCc1ccc(C(C)CC)cc1. The second-order valence-corrected chi connectivity index (χ2v) is 4.46. The molecule has 1 aromatic carbocycles. The summed E-state index contributed by atoms with van der Waals surface area (Å²) in [7, 11) is 0. The molecule has 0 aliphatic carbocycles. The third-order valence-electron chi connectivity index (χ3n) is 3.06. The molecule has 0 aliphatic rings. The van der Waals surface area contributed by atoms with Crippen LogP contribution in [0.25, 0.3) is 0 Å². The molecule has 0 spiro atoms. The molecule has 3 heteroatoms. The van der Waals surface area contributed by atoms with Gasteiger partial charge in [0, 0.05) is 6.54 Å². The van der Waals surface area contributed by atoms with E-state index in [1.54, 1.807) is 0 Å². The van der Waals surface area contributed by atoms with Gasteiger partial charge in [-0.05, 0) is 30.4 Å². The van der Waals surface area contributed by atoms with Gasteiger partial charge in [0.05, 0.1) is 13.2 Å². The van der Waals surface area contributed by atoms with Crippen LogP contribution in [0, 0.1) is 0 Å². The van der Waals surface area contributed by atoms with Crippen LogP contribution in [0.3, 0.4) is 0 Å². The maximum absolute atomic E-state index is 11.1. The number of hydrogen-bond acceptors (Lipinski definition) is 3. The minimum Gasteiger partial charge on any atom is -0.465 e. The van der Waals surface area contributed by atoms with Crippen molar-refractivity contribution >= 4 is 5.97 Å². The predicted octanol–water partition coefficient (Wildman–Crippen LogP) is 2.85. The second kappa shape index (κ2) is 7.88. The van der Waals surface area contributed by atoms with Gasteiger partial charge in [0.1, 0.15) is 0 Å². The van der Waals surface area contributed by atoms with Crippen LogP contribution in [0.15, 0.2) is 24.3 Å². The van der Waals surface area contributed by atoms with Crippen molar-refractivity contribution in [2.24, 2.45) is 0 Å². The van der Waals surface area contributed by atoms with Crippen molar-refractivity contribution in [2.45, 2.75) is 39.7 Å². The van der Waals surface area contributed by atoms with Gasteiger partial charge in [0.25, 0.3) is 0 Å². The zero-order valence-electron chi connectivity index (χ0n) is 11.5. The summed E-state index contributed by atoms with van der Waals surface area (Å²) in [5, 5.41) is 3.07. The number of carbonyl (C=O) groups is 1. The fourth-order valence-electron chi connectivity index (χ4n) is 1.72. The molecular formula is C15H23NO2. The summed E-state index contributed by atoms with van der Waals surface area (Å²) < 4.78 is 4.84. The molecule has 0 amide bonds. The zero-order valence-corrected chi connectivity index (χ0v) is 11.5. The summed E-state index contributed by atoms with van der Waals surface area (Å²) >= 11 is 0. The Hall–Kier alpha value is -1.35. The first-order chi connectivity index (χ1) is 8.67. The van der Waals surface area contributed by atoms with E-state index in [0.717, 1.165) is 6.42 Å². The van der Waals surface area contributed by atoms with Crippen LogP contribution in [-0.2, 0) is 16.1 Å². The zero-order chi connectivity index (χ0) is 13.4. The van der Waals surface area contributed by atoms with E-state index < -0.39 is 0 Å². The van der Waals surface area contributed by atoms with Crippen LogP contribution >= 0.6 is 0 Å². The lowest BCUT2D eigenvalue weighted by Gasteiger charge is -2.10. The summed E-state index contributed by atoms with van der Waals surface area (Å²) in [6, 6.07) is 8.55. The topological polar surface area (TPSA) is 38.3 Å². The molecule has 1 rings (SSSR count). The Morgan fingerprint density at radius 2 is 1.94 bits per heavy atom. The second-order valence-electron chi connectivity index (χ2n) is 4.46. The lowest BCUT2D eigenvalue weighted by molar-refractivity contribution is -0.142. The van der Waals surface area contributed by atoms with Crippen molar-refractivity contribution < 1.29 is 9.53 Å². The highest BCUT2D eigenvalue weighted by molar-refractivity contribution is 5.71. The molecule has 3 nitrogen and oxygen atoms in total. The highest BCUT2D eigenvalue weighted by Gasteiger charge is 2.03. The Bertz CT molecular complexity index is 359. The predicted molar refractivity (Wildman–Crippen MR) is 73.5 cm³/mol. The third-order valence-corrected chi connectivity index (χ3v) is 3.06. The molecule has 0 bridgehead atoms. The summed E-state index contributed by atoms with van der Waals surface area (Å²) in [6.45, 7) is 7.63. The van der Waals surface area contributed by atoms with E-state index in [1.165, 1.54) is 11.1 Å². The summed E-state index contributed by atoms with van der Waals surface area (Å²) in [5.41, 5.74) is 2.55. The van der Waals surface area contributed by atoms with E-state index in [0.29, 0.717) is 19.1 Å². The Morgan fingerprint density at radius 1 is 1.28 bits per heavy atom. The number of hydrogen-bond donors (Lipinski definition) is 1. The number of rotatable bonds is 7. The molecule has 100 valence electrons. The molecule has 1 N–H and O–H groups in total. The minimum atomic E-state index is -0.200. The van der Waals surface area contributed by atoms with Crippen LogP contribution in [-0.4, -0.2) is 19.1 Å². The molecule has 0 aliphatic heterocycles. The van der Waals surface area contributed by atoms with Gasteiger partial charge in [-0.2, -0.15) is 0 Å². The monoisotopic (exact) mass is 249 g/mol. The smallest absolute Gasteiger partial charge is 0.319 e. The van der Waals surface area contributed by atoms with Gasteiger partial charge in [-0.15, -0.1) is 0 Å². The molecular weight excluding hydrogens is 226 g/mol. The fourth-order valence-corrected chi connectivity index (χ4v) is 1.72. The van der Waals surface area contributed by atoms with E-state index in [2.05, 4.69) is 43.4 Å². The average Bonchev–Trinajstić information content (AvgIpc) is 2.39. The van der Waals surface area contributed by atoms with E-state index in [4.69, 9.17) is 4.74 Å². The maximum Gasteiger partial charge on any atom is 0.319 e. The lowest BCUT2D eigenvalue weighted by Crippen LogP contribution is -2.24. The molecule has 0 aromatic heterocycles. The third kappa shape index (κ3) is 4.88. The summed E-state index contributed by atoms with van der Waals surface area (Å²) in [6.07, 6.45) is 1.15. The van der Waals surface area contributed by atoms with Gasteiger partial charge >= 0.3 is 5.97 Å². The molecule has 0 fully saturated rings. The molecule has 0 saturated carbocycles. The molecule has 1 unspecified atom stereocenters. The number of esters is 1. The Balaban J connectivity index is 2.37. The quantitative estimate of drug-likeness (QED) is 0.755. The first-order valence-electron chi connectivity index (χ1n) is 6.62. The molecule has 0 saturated heterocycles. The van der Waals surface area contributed by atoms with Crippen LogP contribution in [0.5, 0.6) is 0 Å². The van der Waals surface area contributed by atoms with Crippen molar-refractivity contribution in [1.29, 1.82) is 0 Å². The van der Waals surface area contributed by atoms with E-state index in [1.807, 2.05) is 6.92 Å². The first-order valence-corrected chi connectivity index (χ1v) is 6.62. The molecule has 0 radical (unpaired) electrons. The Labute approximate surface area is 110 Å². The van der Waals surface area contributed by atoms with Gasteiger partial charge in [-0.3, -0.25) is 4.79 Å².